The topological polar surface area (TPSA) is 35.3 Å². The van der Waals surface area contributed by atoms with Crippen LogP contribution in [0.15, 0.2) is 4.42 Å². The van der Waals surface area contributed by atoms with Crippen molar-refractivity contribution < 1.29 is 9.15 Å². The Hall–Kier alpha value is -0.990. The summed E-state index contributed by atoms with van der Waals surface area (Å²) in [5, 5.41) is 0. The molecule has 0 bridgehead atoms. The van der Waals surface area contributed by atoms with Gasteiger partial charge >= 0.3 is 0 Å². The smallest absolute Gasteiger partial charge is 0.256 e. The van der Waals surface area contributed by atoms with Crippen molar-refractivity contribution in [2.45, 2.75) is 33.8 Å². The zero-order chi connectivity index (χ0) is 8.43. The molecule has 1 heterocycles. The van der Waals surface area contributed by atoms with Crippen LogP contribution in [-0.4, -0.2) is 11.1 Å². The minimum atomic E-state index is 0.151. The lowest BCUT2D eigenvalue weighted by atomic mass is 10.5. The first-order valence-electron chi connectivity index (χ1n) is 3.70. The Morgan fingerprint density at radius 3 is 2.36 bits per heavy atom. The molecule has 0 amide bonds. The molecule has 0 N–H and O–H groups in total. The van der Waals surface area contributed by atoms with Crippen molar-refractivity contribution in [2.75, 3.05) is 0 Å². The molecule has 11 heavy (non-hydrogen) atoms. The molecule has 3 heteroatoms. The molecule has 0 unspecified atom stereocenters. The molecule has 62 valence electrons. The van der Waals surface area contributed by atoms with Gasteiger partial charge in [0.05, 0.1) is 6.10 Å². The van der Waals surface area contributed by atoms with Gasteiger partial charge in [-0.1, -0.05) is 0 Å². The summed E-state index contributed by atoms with van der Waals surface area (Å²) >= 11 is 0. The van der Waals surface area contributed by atoms with Crippen LogP contribution in [0.4, 0.5) is 0 Å². The fourth-order valence-corrected chi connectivity index (χ4v) is 0.842. The SMILES string of the molecule is Cc1nc(OC(C)C)c(C)o1. The first-order valence-corrected chi connectivity index (χ1v) is 3.70. The lowest BCUT2D eigenvalue weighted by Crippen LogP contribution is -2.06. The van der Waals surface area contributed by atoms with Gasteiger partial charge in [-0.05, 0) is 20.8 Å². The van der Waals surface area contributed by atoms with E-state index in [9.17, 15) is 0 Å². The molecule has 0 saturated heterocycles. The normalized spacial score (nSPS) is 10.6. The van der Waals surface area contributed by atoms with Gasteiger partial charge in [0.15, 0.2) is 11.7 Å². The van der Waals surface area contributed by atoms with Crippen LogP contribution < -0.4 is 4.74 Å². The summed E-state index contributed by atoms with van der Waals surface area (Å²) in [5.41, 5.74) is 0. The molecule has 0 atom stereocenters. The molecule has 0 aliphatic carbocycles. The fraction of sp³-hybridized carbons (Fsp3) is 0.625. The van der Waals surface area contributed by atoms with Crippen LogP contribution in [0.1, 0.15) is 25.5 Å². The third-order valence-corrected chi connectivity index (χ3v) is 1.21. The molecule has 0 spiro atoms. The van der Waals surface area contributed by atoms with E-state index in [1.165, 1.54) is 0 Å². The maximum absolute atomic E-state index is 5.36. The van der Waals surface area contributed by atoms with Gasteiger partial charge < -0.3 is 9.15 Å². The second-order valence-corrected chi connectivity index (χ2v) is 2.76. The van der Waals surface area contributed by atoms with E-state index in [0.717, 1.165) is 5.76 Å². The van der Waals surface area contributed by atoms with Gasteiger partial charge in [-0.15, -0.1) is 0 Å². The largest absolute Gasteiger partial charge is 0.472 e. The number of hydrogen-bond acceptors (Lipinski definition) is 3. The minimum Gasteiger partial charge on any atom is -0.472 e. The second-order valence-electron chi connectivity index (χ2n) is 2.76. The summed E-state index contributed by atoms with van der Waals surface area (Å²) in [6, 6.07) is 0. The number of aryl methyl sites for hydroxylation is 2. The molecule has 0 aromatic carbocycles. The van der Waals surface area contributed by atoms with E-state index in [1.807, 2.05) is 20.8 Å². The average Bonchev–Trinajstić information content (AvgIpc) is 2.09. The van der Waals surface area contributed by atoms with Gasteiger partial charge in [0, 0.05) is 6.92 Å². The van der Waals surface area contributed by atoms with Gasteiger partial charge in [-0.2, -0.15) is 4.98 Å². The van der Waals surface area contributed by atoms with Crippen LogP contribution in [0.2, 0.25) is 0 Å². The highest BCUT2D eigenvalue weighted by molar-refractivity contribution is 5.14. The third-order valence-electron chi connectivity index (χ3n) is 1.21. The maximum atomic E-state index is 5.36. The predicted molar refractivity (Wildman–Crippen MR) is 41.7 cm³/mol. The summed E-state index contributed by atoms with van der Waals surface area (Å²) in [5.74, 6) is 2.01. The van der Waals surface area contributed by atoms with Crippen LogP contribution >= 0.6 is 0 Å². The van der Waals surface area contributed by atoms with Crippen molar-refractivity contribution in [3.8, 4) is 5.88 Å². The van der Waals surface area contributed by atoms with Crippen molar-refractivity contribution >= 4 is 0 Å². The van der Waals surface area contributed by atoms with Crippen LogP contribution in [-0.2, 0) is 0 Å². The van der Waals surface area contributed by atoms with Crippen molar-refractivity contribution in [1.82, 2.24) is 4.98 Å². The molecular weight excluding hydrogens is 142 g/mol. The molecular formula is C8H13NO2. The molecule has 0 saturated carbocycles. The third kappa shape index (κ3) is 1.97. The summed E-state index contributed by atoms with van der Waals surface area (Å²) in [6.45, 7) is 7.57. The maximum Gasteiger partial charge on any atom is 0.256 e. The molecule has 0 radical (unpaired) electrons. The van der Waals surface area contributed by atoms with Crippen molar-refractivity contribution in [1.29, 1.82) is 0 Å². The van der Waals surface area contributed by atoms with Gasteiger partial charge in [0.2, 0.25) is 0 Å². The summed E-state index contributed by atoms with van der Waals surface area (Å²) in [4.78, 5) is 4.06. The summed E-state index contributed by atoms with van der Waals surface area (Å²) < 4.78 is 10.5. The number of rotatable bonds is 2. The van der Waals surface area contributed by atoms with Crippen LogP contribution in [0.3, 0.4) is 0 Å². The number of ether oxygens (including phenoxy) is 1. The van der Waals surface area contributed by atoms with E-state index >= 15 is 0 Å². The first kappa shape index (κ1) is 8.11. The van der Waals surface area contributed by atoms with Crippen molar-refractivity contribution in [2.24, 2.45) is 0 Å². The highest BCUT2D eigenvalue weighted by atomic mass is 16.5. The zero-order valence-electron chi connectivity index (χ0n) is 7.34. The first-order chi connectivity index (χ1) is 5.09. The van der Waals surface area contributed by atoms with Crippen molar-refractivity contribution in [3.63, 3.8) is 0 Å². The number of aromatic nitrogens is 1. The summed E-state index contributed by atoms with van der Waals surface area (Å²) in [6.07, 6.45) is 0.151. The Morgan fingerprint density at radius 1 is 1.36 bits per heavy atom. The van der Waals surface area contributed by atoms with Crippen LogP contribution in [0, 0.1) is 13.8 Å². The van der Waals surface area contributed by atoms with Gasteiger partial charge in [-0.3, -0.25) is 0 Å². The van der Waals surface area contributed by atoms with E-state index in [4.69, 9.17) is 9.15 Å². The Kier molecular flexibility index (Phi) is 2.17. The second kappa shape index (κ2) is 2.95. The van der Waals surface area contributed by atoms with Crippen molar-refractivity contribution in [3.05, 3.63) is 11.7 Å². The van der Waals surface area contributed by atoms with E-state index in [2.05, 4.69) is 4.98 Å². The number of nitrogens with zero attached hydrogens (tertiary/aromatic N) is 1. The van der Waals surface area contributed by atoms with E-state index in [-0.39, 0.29) is 6.10 Å². The monoisotopic (exact) mass is 155 g/mol. The van der Waals surface area contributed by atoms with E-state index in [1.54, 1.807) is 6.92 Å². The Labute approximate surface area is 66.4 Å². The summed E-state index contributed by atoms with van der Waals surface area (Å²) in [7, 11) is 0. The van der Waals surface area contributed by atoms with Gasteiger partial charge in [-0.25, -0.2) is 0 Å². The van der Waals surface area contributed by atoms with Gasteiger partial charge in [0.1, 0.15) is 0 Å². The Balaban J connectivity index is 2.77. The predicted octanol–water partition coefficient (Wildman–Crippen LogP) is 2.08. The van der Waals surface area contributed by atoms with Crippen LogP contribution in [0.5, 0.6) is 5.88 Å². The Bertz CT molecular complexity index is 240. The highest BCUT2D eigenvalue weighted by Crippen LogP contribution is 2.17. The molecule has 0 aliphatic heterocycles. The molecule has 0 aliphatic rings. The Morgan fingerprint density at radius 2 is 2.00 bits per heavy atom. The quantitative estimate of drug-likeness (QED) is 0.655. The molecule has 3 nitrogen and oxygen atoms in total. The van der Waals surface area contributed by atoms with E-state index in [0.29, 0.717) is 11.8 Å². The standard InChI is InChI=1S/C8H13NO2/c1-5(2)10-8-6(3)11-7(4)9-8/h5H,1-4H3. The zero-order valence-corrected chi connectivity index (χ0v) is 7.34. The van der Waals surface area contributed by atoms with Gasteiger partial charge in [0.25, 0.3) is 5.88 Å². The van der Waals surface area contributed by atoms with E-state index < -0.39 is 0 Å². The average molecular weight is 155 g/mol. The number of hydrogen-bond donors (Lipinski definition) is 0. The lowest BCUT2D eigenvalue weighted by Gasteiger charge is -2.04. The highest BCUT2D eigenvalue weighted by Gasteiger charge is 2.08. The molecule has 0 fully saturated rings. The number of oxazole rings is 1. The molecule has 1 aromatic heterocycles. The fourth-order valence-electron chi connectivity index (χ4n) is 0.842. The van der Waals surface area contributed by atoms with Crippen LogP contribution in [0.25, 0.3) is 0 Å². The lowest BCUT2D eigenvalue weighted by molar-refractivity contribution is 0.229. The molecule has 1 rings (SSSR count). The molecule has 1 aromatic rings. The minimum absolute atomic E-state index is 0.151.